The zero-order valence-corrected chi connectivity index (χ0v) is 10.4. The molecule has 0 saturated heterocycles. The second-order valence-electron chi connectivity index (χ2n) is 5.09. The van der Waals surface area contributed by atoms with Crippen molar-refractivity contribution in [3.8, 4) is 5.75 Å². The molecule has 1 aliphatic carbocycles. The molecule has 0 amide bonds. The van der Waals surface area contributed by atoms with Gasteiger partial charge in [0.25, 0.3) is 0 Å². The fourth-order valence-electron chi connectivity index (χ4n) is 2.52. The number of benzene rings is 1. The van der Waals surface area contributed by atoms with Gasteiger partial charge in [-0.3, -0.25) is 0 Å². The summed E-state index contributed by atoms with van der Waals surface area (Å²) in [6.07, 6.45) is 4.12. The van der Waals surface area contributed by atoms with E-state index in [1.807, 2.05) is 24.3 Å². The lowest BCUT2D eigenvalue weighted by molar-refractivity contribution is 0.000191. The molecule has 1 fully saturated rings. The zero-order valence-electron chi connectivity index (χ0n) is 10.4. The van der Waals surface area contributed by atoms with Gasteiger partial charge in [0, 0.05) is 12.5 Å². The average Bonchev–Trinajstić information content (AvgIpc) is 2.33. The maximum Gasteiger partial charge on any atom is 0.119 e. The highest BCUT2D eigenvalue weighted by Gasteiger charge is 2.32. The number of rotatable bonds is 3. The van der Waals surface area contributed by atoms with Gasteiger partial charge >= 0.3 is 0 Å². The van der Waals surface area contributed by atoms with Crippen LogP contribution in [0.15, 0.2) is 24.3 Å². The van der Waals surface area contributed by atoms with Gasteiger partial charge in [0.05, 0.1) is 12.7 Å². The van der Waals surface area contributed by atoms with Gasteiger partial charge in [-0.25, -0.2) is 0 Å². The number of methoxy groups -OCH3 is 1. The molecule has 0 spiro atoms. The Morgan fingerprint density at radius 2 is 2.12 bits per heavy atom. The monoisotopic (exact) mass is 235 g/mol. The molecule has 1 aromatic rings. The van der Waals surface area contributed by atoms with Crippen LogP contribution in [-0.2, 0) is 6.42 Å². The van der Waals surface area contributed by atoms with Crippen molar-refractivity contribution < 1.29 is 9.84 Å². The van der Waals surface area contributed by atoms with Crippen molar-refractivity contribution in [1.29, 1.82) is 0 Å². The molecule has 0 atom stereocenters. The van der Waals surface area contributed by atoms with Crippen molar-refractivity contribution in [2.45, 2.75) is 43.7 Å². The van der Waals surface area contributed by atoms with E-state index in [0.29, 0.717) is 6.42 Å². The quantitative estimate of drug-likeness (QED) is 0.841. The predicted octanol–water partition coefficient (Wildman–Crippen LogP) is 1.87. The van der Waals surface area contributed by atoms with Crippen LogP contribution in [0.1, 0.15) is 31.2 Å². The molecule has 0 radical (unpaired) electrons. The second-order valence-corrected chi connectivity index (χ2v) is 5.09. The Hall–Kier alpha value is -1.06. The average molecular weight is 235 g/mol. The molecule has 0 aliphatic heterocycles. The Bertz CT molecular complexity index is 370. The van der Waals surface area contributed by atoms with Gasteiger partial charge in [0.1, 0.15) is 5.75 Å². The maximum atomic E-state index is 10.5. The SMILES string of the molecule is COc1cccc(CC2(O)CCC(N)CC2)c1. The first-order chi connectivity index (χ1) is 8.11. The summed E-state index contributed by atoms with van der Waals surface area (Å²) in [6.45, 7) is 0. The molecule has 17 heavy (non-hydrogen) atoms. The fourth-order valence-corrected chi connectivity index (χ4v) is 2.52. The molecule has 0 bridgehead atoms. The summed E-state index contributed by atoms with van der Waals surface area (Å²) in [5, 5.41) is 10.5. The second kappa shape index (κ2) is 5.07. The third kappa shape index (κ3) is 3.20. The Labute approximate surface area is 103 Å². The summed E-state index contributed by atoms with van der Waals surface area (Å²) in [5.41, 5.74) is 6.41. The minimum atomic E-state index is -0.581. The lowest BCUT2D eigenvalue weighted by atomic mass is 9.79. The lowest BCUT2D eigenvalue weighted by Gasteiger charge is -2.35. The summed E-state index contributed by atoms with van der Waals surface area (Å²) in [7, 11) is 1.66. The molecule has 2 rings (SSSR count). The summed E-state index contributed by atoms with van der Waals surface area (Å²) < 4.78 is 5.19. The molecule has 3 nitrogen and oxygen atoms in total. The summed E-state index contributed by atoms with van der Waals surface area (Å²) in [5.74, 6) is 0.846. The smallest absolute Gasteiger partial charge is 0.119 e. The number of hydrogen-bond donors (Lipinski definition) is 2. The molecule has 1 saturated carbocycles. The van der Waals surface area contributed by atoms with Gasteiger partial charge in [-0.05, 0) is 43.4 Å². The highest BCUT2D eigenvalue weighted by molar-refractivity contribution is 5.29. The van der Waals surface area contributed by atoms with Gasteiger partial charge in [0.15, 0.2) is 0 Å². The molecule has 3 heteroatoms. The molecule has 0 unspecified atom stereocenters. The molecular formula is C14H21NO2. The van der Waals surface area contributed by atoms with Crippen molar-refractivity contribution in [3.63, 3.8) is 0 Å². The van der Waals surface area contributed by atoms with Crippen LogP contribution in [0, 0.1) is 0 Å². The van der Waals surface area contributed by atoms with Crippen LogP contribution in [0.5, 0.6) is 5.75 Å². The van der Waals surface area contributed by atoms with Crippen LogP contribution >= 0.6 is 0 Å². The van der Waals surface area contributed by atoms with E-state index in [9.17, 15) is 5.11 Å². The number of ether oxygens (including phenoxy) is 1. The molecule has 0 aromatic heterocycles. The minimum Gasteiger partial charge on any atom is -0.497 e. The number of nitrogens with two attached hydrogens (primary N) is 1. The van der Waals surface area contributed by atoms with E-state index < -0.39 is 5.60 Å². The predicted molar refractivity (Wildman–Crippen MR) is 68.1 cm³/mol. The van der Waals surface area contributed by atoms with Crippen molar-refractivity contribution in [1.82, 2.24) is 0 Å². The molecule has 0 heterocycles. The van der Waals surface area contributed by atoms with Crippen molar-refractivity contribution >= 4 is 0 Å². The van der Waals surface area contributed by atoms with Crippen LogP contribution in [0.2, 0.25) is 0 Å². The first-order valence-electron chi connectivity index (χ1n) is 6.22. The van der Waals surface area contributed by atoms with Gasteiger partial charge in [-0.1, -0.05) is 12.1 Å². The summed E-state index contributed by atoms with van der Waals surface area (Å²) >= 11 is 0. The van der Waals surface area contributed by atoms with E-state index >= 15 is 0 Å². The van der Waals surface area contributed by atoms with E-state index in [1.165, 1.54) is 0 Å². The Morgan fingerprint density at radius 1 is 1.41 bits per heavy atom. The normalized spacial score (nSPS) is 29.0. The van der Waals surface area contributed by atoms with Crippen LogP contribution in [0.25, 0.3) is 0 Å². The Balaban J connectivity index is 2.04. The fraction of sp³-hybridized carbons (Fsp3) is 0.571. The highest BCUT2D eigenvalue weighted by Crippen LogP contribution is 2.31. The van der Waals surface area contributed by atoms with Crippen LogP contribution in [-0.4, -0.2) is 23.9 Å². The van der Waals surface area contributed by atoms with Crippen molar-refractivity contribution in [2.24, 2.45) is 5.73 Å². The molecule has 3 N–H and O–H groups in total. The first-order valence-corrected chi connectivity index (χ1v) is 6.22. The van der Waals surface area contributed by atoms with Crippen LogP contribution < -0.4 is 10.5 Å². The molecule has 1 aliphatic rings. The zero-order chi connectivity index (χ0) is 12.3. The maximum absolute atomic E-state index is 10.5. The number of aliphatic hydroxyl groups is 1. The third-order valence-electron chi connectivity index (χ3n) is 3.63. The van der Waals surface area contributed by atoms with E-state index in [1.54, 1.807) is 7.11 Å². The molecule has 94 valence electrons. The van der Waals surface area contributed by atoms with Crippen LogP contribution in [0.4, 0.5) is 0 Å². The lowest BCUT2D eigenvalue weighted by Crippen LogP contribution is -2.40. The highest BCUT2D eigenvalue weighted by atomic mass is 16.5. The molecular weight excluding hydrogens is 214 g/mol. The van der Waals surface area contributed by atoms with Gasteiger partial charge in [-0.15, -0.1) is 0 Å². The van der Waals surface area contributed by atoms with Crippen molar-refractivity contribution in [3.05, 3.63) is 29.8 Å². The van der Waals surface area contributed by atoms with E-state index in [4.69, 9.17) is 10.5 Å². The van der Waals surface area contributed by atoms with Crippen molar-refractivity contribution in [2.75, 3.05) is 7.11 Å². The third-order valence-corrected chi connectivity index (χ3v) is 3.63. The Kier molecular flexibility index (Phi) is 3.69. The Morgan fingerprint density at radius 3 is 2.76 bits per heavy atom. The topological polar surface area (TPSA) is 55.5 Å². The van der Waals surface area contributed by atoms with Gasteiger partial charge < -0.3 is 15.6 Å². The van der Waals surface area contributed by atoms with E-state index in [-0.39, 0.29) is 6.04 Å². The van der Waals surface area contributed by atoms with Crippen LogP contribution in [0.3, 0.4) is 0 Å². The van der Waals surface area contributed by atoms with E-state index in [2.05, 4.69) is 0 Å². The van der Waals surface area contributed by atoms with Gasteiger partial charge in [0.2, 0.25) is 0 Å². The van der Waals surface area contributed by atoms with Gasteiger partial charge in [-0.2, -0.15) is 0 Å². The largest absolute Gasteiger partial charge is 0.497 e. The summed E-state index contributed by atoms with van der Waals surface area (Å²) in [4.78, 5) is 0. The standard InChI is InChI=1S/C14H21NO2/c1-17-13-4-2-3-11(9-13)10-14(16)7-5-12(15)6-8-14/h2-4,9,12,16H,5-8,10,15H2,1H3. The number of hydrogen-bond acceptors (Lipinski definition) is 3. The molecule has 1 aromatic carbocycles. The first kappa shape index (κ1) is 12.4. The van der Waals surface area contributed by atoms with E-state index in [0.717, 1.165) is 37.0 Å². The minimum absolute atomic E-state index is 0.264. The summed E-state index contributed by atoms with van der Waals surface area (Å²) in [6, 6.07) is 8.18.